The average Bonchev–Trinajstić information content (AvgIpc) is 2.32. The zero-order valence-electron chi connectivity index (χ0n) is 8.72. The van der Waals surface area contributed by atoms with E-state index in [0.29, 0.717) is 0 Å². The van der Waals surface area contributed by atoms with Gasteiger partial charge in [-0.3, -0.25) is 9.36 Å². The predicted octanol–water partition coefficient (Wildman–Crippen LogP) is 1.43. The standard InChI is InChI=1S/C12H8FN3O/c13-10-3-1-2-4-11(10)16-7-9(15)5-8(6-14)12(16)17/h1-5,7H,15H2. The van der Waals surface area contributed by atoms with Crippen molar-refractivity contribution in [1.29, 1.82) is 5.26 Å². The number of anilines is 1. The highest BCUT2D eigenvalue weighted by Gasteiger charge is 2.09. The third-order valence-electron chi connectivity index (χ3n) is 2.27. The van der Waals surface area contributed by atoms with Gasteiger partial charge in [-0.15, -0.1) is 0 Å². The van der Waals surface area contributed by atoms with Gasteiger partial charge < -0.3 is 5.73 Å². The van der Waals surface area contributed by atoms with E-state index < -0.39 is 11.4 Å². The van der Waals surface area contributed by atoms with E-state index in [2.05, 4.69) is 0 Å². The molecule has 4 nitrogen and oxygen atoms in total. The van der Waals surface area contributed by atoms with E-state index in [1.54, 1.807) is 12.1 Å². The van der Waals surface area contributed by atoms with Gasteiger partial charge in [-0.05, 0) is 18.2 Å². The van der Waals surface area contributed by atoms with E-state index in [-0.39, 0.29) is 16.9 Å². The highest BCUT2D eigenvalue weighted by Crippen LogP contribution is 2.12. The molecule has 1 aromatic carbocycles. The molecule has 2 aromatic rings. The number of pyridine rings is 1. The first-order chi connectivity index (χ1) is 8.13. The lowest BCUT2D eigenvalue weighted by molar-refractivity contribution is 0.616. The van der Waals surface area contributed by atoms with Crippen LogP contribution in [0.5, 0.6) is 0 Å². The molecule has 0 fully saturated rings. The molecular weight excluding hydrogens is 221 g/mol. The number of rotatable bonds is 1. The summed E-state index contributed by atoms with van der Waals surface area (Å²) in [6.07, 6.45) is 1.29. The Morgan fingerprint density at radius 1 is 1.35 bits per heavy atom. The second kappa shape index (κ2) is 4.10. The molecular formula is C12H8FN3O. The summed E-state index contributed by atoms with van der Waals surface area (Å²) in [5.41, 5.74) is 5.15. The third-order valence-corrected chi connectivity index (χ3v) is 2.27. The Bertz CT molecular complexity index is 670. The Labute approximate surface area is 96.3 Å². The zero-order valence-corrected chi connectivity index (χ0v) is 8.72. The maximum atomic E-state index is 13.5. The summed E-state index contributed by atoms with van der Waals surface area (Å²) in [6.45, 7) is 0. The number of para-hydroxylation sites is 1. The van der Waals surface area contributed by atoms with Crippen molar-refractivity contribution in [2.45, 2.75) is 0 Å². The predicted molar refractivity (Wildman–Crippen MR) is 61.1 cm³/mol. The summed E-state index contributed by atoms with van der Waals surface area (Å²) in [6, 6.07) is 8.78. The van der Waals surface area contributed by atoms with E-state index in [9.17, 15) is 9.18 Å². The lowest BCUT2D eigenvalue weighted by Crippen LogP contribution is -2.21. The first kappa shape index (κ1) is 10.9. The Morgan fingerprint density at radius 3 is 2.71 bits per heavy atom. The Balaban J connectivity index is 2.78. The van der Waals surface area contributed by atoms with Crippen LogP contribution in [0.2, 0.25) is 0 Å². The molecule has 0 aliphatic carbocycles. The molecule has 0 aliphatic heterocycles. The SMILES string of the molecule is N#Cc1cc(N)cn(-c2ccccc2F)c1=O. The van der Waals surface area contributed by atoms with Gasteiger partial charge in [0, 0.05) is 11.9 Å². The summed E-state index contributed by atoms with van der Waals surface area (Å²) in [5.74, 6) is -0.552. The lowest BCUT2D eigenvalue weighted by atomic mass is 10.2. The molecule has 0 atom stereocenters. The molecule has 0 spiro atoms. The Morgan fingerprint density at radius 2 is 2.06 bits per heavy atom. The molecule has 0 saturated carbocycles. The number of nitrogens with zero attached hydrogens (tertiary/aromatic N) is 2. The molecule has 0 aliphatic rings. The van der Waals surface area contributed by atoms with Crippen molar-refractivity contribution in [3.63, 3.8) is 0 Å². The van der Waals surface area contributed by atoms with Gasteiger partial charge in [0.05, 0.1) is 5.69 Å². The minimum atomic E-state index is -0.591. The van der Waals surface area contributed by atoms with Crippen LogP contribution in [0.4, 0.5) is 10.1 Å². The quantitative estimate of drug-likeness (QED) is 0.804. The molecule has 0 saturated heterocycles. The fraction of sp³-hybridized carbons (Fsp3) is 0. The number of aromatic nitrogens is 1. The van der Waals surface area contributed by atoms with Gasteiger partial charge in [0.15, 0.2) is 0 Å². The third kappa shape index (κ3) is 1.88. The molecule has 0 radical (unpaired) electrons. The highest BCUT2D eigenvalue weighted by molar-refractivity contribution is 5.46. The van der Waals surface area contributed by atoms with Gasteiger partial charge in [0.25, 0.3) is 5.56 Å². The summed E-state index contributed by atoms with van der Waals surface area (Å²) in [7, 11) is 0. The molecule has 0 amide bonds. The summed E-state index contributed by atoms with van der Waals surface area (Å²) >= 11 is 0. The van der Waals surface area contributed by atoms with Crippen molar-refractivity contribution in [2.24, 2.45) is 0 Å². The van der Waals surface area contributed by atoms with Gasteiger partial charge in [-0.25, -0.2) is 4.39 Å². The molecule has 5 heteroatoms. The van der Waals surface area contributed by atoms with Gasteiger partial charge in [-0.2, -0.15) is 5.26 Å². The smallest absolute Gasteiger partial charge is 0.273 e. The highest BCUT2D eigenvalue weighted by atomic mass is 19.1. The molecule has 2 N–H and O–H groups in total. The van der Waals surface area contributed by atoms with Crippen LogP contribution in [-0.2, 0) is 0 Å². The van der Waals surface area contributed by atoms with Crippen LogP contribution in [0.1, 0.15) is 5.56 Å². The number of nitriles is 1. The van der Waals surface area contributed by atoms with Crippen molar-refractivity contribution < 1.29 is 4.39 Å². The van der Waals surface area contributed by atoms with Gasteiger partial charge in [0.1, 0.15) is 17.4 Å². The number of nitrogens with two attached hydrogens (primary N) is 1. The van der Waals surface area contributed by atoms with Crippen LogP contribution in [0.3, 0.4) is 0 Å². The van der Waals surface area contributed by atoms with E-state index in [0.717, 1.165) is 4.57 Å². The summed E-state index contributed by atoms with van der Waals surface area (Å²) < 4.78 is 14.6. The first-order valence-corrected chi connectivity index (χ1v) is 4.80. The van der Waals surface area contributed by atoms with Crippen LogP contribution < -0.4 is 11.3 Å². The van der Waals surface area contributed by atoms with Crippen molar-refractivity contribution in [1.82, 2.24) is 4.57 Å². The minimum Gasteiger partial charge on any atom is -0.397 e. The summed E-state index contributed by atoms with van der Waals surface area (Å²) in [5, 5.41) is 8.77. The van der Waals surface area contributed by atoms with E-state index in [4.69, 9.17) is 11.0 Å². The van der Waals surface area contributed by atoms with Crippen LogP contribution >= 0.6 is 0 Å². The zero-order chi connectivity index (χ0) is 12.4. The summed E-state index contributed by atoms with van der Waals surface area (Å²) in [4.78, 5) is 11.8. The van der Waals surface area contributed by atoms with Crippen molar-refractivity contribution in [3.05, 3.63) is 58.3 Å². The molecule has 84 valence electrons. The molecule has 0 unspecified atom stereocenters. The largest absolute Gasteiger partial charge is 0.397 e. The molecule has 0 bridgehead atoms. The number of halogens is 1. The topological polar surface area (TPSA) is 71.8 Å². The number of benzene rings is 1. The van der Waals surface area contributed by atoms with Crippen molar-refractivity contribution >= 4 is 5.69 Å². The van der Waals surface area contributed by atoms with Crippen LogP contribution in [-0.4, -0.2) is 4.57 Å². The Hall–Kier alpha value is -2.61. The fourth-order valence-corrected chi connectivity index (χ4v) is 1.51. The molecule has 1 heterocycles. The van der Waals surface area contributed by atoms with Gasteiger partial charge >= 0.3 is 0 Å². The van der Waals surface area contributed by atoms with Crippen LogP contribution in [0.15, 0.2) is 41.3 Å². The maximum absolute atomic E-state index is 13.5. The van der Waals surface area contributed by atoms with E-state index in [1.165, 1.54) is 30.5 Å². The van der Waals surface area contributed by atoms with Gasteiger partial charge in [-0.1, -0.05) is 12.1 Å². The normalized spacial score (nSPS) is 9.88. The molecule has 2 rings (SSSR count). The molecule has 1 aromatic heterocycles. The average molecular weight is 229 g/mol. The van der Waals surface area contributed by atoms with Crippen LogP contribution in [0, 0.1) is 17.1 Å². The second-order valence-corrected chi connectivity index (χ2v) is 3.43. The van der Waals surface area contributed by atoms with Crippen LogP contribution in [0.25, 0.3) is 5.69 Å². The number of nitrogen functional groups attached to an aromatic ring is 1. The number of hydrogen-bond donors (Lipinski definition) is 1. The van der Waals surface area contributed by atoms with E-state index in [1.807, 2.05) is 0 Å². The fourth-order valence-electron chi connectivity index (χ4n) is 1.51. The minimum absolute atomic E-state index is 0.0706. The Kier molecular flexibility index (Phi) is 2.63. The second-order valence-electron chi connectivity index (χ2n) is 3.43. The molecule has 17 heavy (non-hydrogen) atoms. The number of hydrogen-bond acceptors (Lipinski definition) is 3. The van der Waals surface area contributed by atoms with E-state index >= 15 is 0 Å². The van der Waals surface area contributed by atoms with Crippen molar-refractivity contribution in [3.8, 4) is 11.8 Å². The maximum Gasteiger partial charge on any atom is 0.273 e. The first-order valence-electron chi connectivity index (χ1n) is 4.80. The lowest BCUT2D eigenvalue weighted by Gasteiger charge is -2.08. The monoisotopic (exact) mass is 229 g/mol. The van der Waals surface area contributed by atoms with Gasteiger partial charge in [0.2, 0.25) is 0 Å². The van der Waals surface area contributed by atoms with Crippen molar-refractivity contribution in [2.75, 3.05) is 5.73 Å².